The number of hydrogen-bond acceptors (Lipinski definition) is 3. The minimum absolute atomic E-state index is 0.00998. The van der Waals surface area contributed by atoms with Gasteiger partial charge in [0.25, 0.3) is 0 Å². The Morgan fingerprint density at radius 2 is 1.85 bits per heavy atom. The van der Waals surface area contributed by atoms with Gasteiger partial charge in [0.05, 0.1) is 11.4 Å². The highest BCUT2D eigenvalue weighted by Crippen LogP contribution is 2.30. The van der Waals surface area contributed by atoms with E-state index < -0.39 is 28.7 Å². The van der Waals surface area contributed by atoms with E-state index in [1.807, 2.05) is 0 Å². The van der Waals surface area contributed by atoms with Crippen LogP contribution in [0.5, 0.6) is 0 Å². The lowest BCUT2D eigenvalue weighted by Gasteiger charge is -2.32. The number of benzene rings is 2. The second-order valence-corrected chi connectivity index (χ2v) is 8.63. The average molecular weight is 469 g/mol. The number of halogens is 4. The summed E-state index contributed by atoms with van der Waals surface area (Å²) in [4.78, 5) is -0.315. The Labute approximate surface area is 164 Å². The van der Waals surface area contributed by atoms with Gasteiger partial charge in [0.2, 0.25) is 10.0 Å². The van der Waals surface area contributed by atoms with E-state index in [2.05, 4.69) is 15.9 Å². The zero-order chi connectivity index (χ0) is 19.5. The van der Waals surface area contributed by atoms with Crippen molar-refractivity contribution in [2.75, 3.05) is 11.9 Å². The van der Waals surface area contributed by atoms with Crippen LogP contribution in [-0.4, -0.2) is 36.3 Å². The van der Waals surface area contributed by atoms with Crippen molar-refractivity contribution in [2.24, 2.45) is 0 Å². The summed E-state index contributed by atoms with van der Waals surface area (Å²) in [6.07, 6.45) is 0. The lowest BCUT2D eigenvalue weighted by atomic mass is 9.96. The van der Waals surface area contributed by atoms with Gasteiger partial charge in [-0.3, -0.25) is 0 Å². The van der Waals surface area contributed by atoms with Crippen LogP contribution in [0, 0.1) is 6.92 Å². The Morgan fingerprint density at radius 3 is 2.35 bits per heavy atom. The molecular formula is C17H17BrClF2NO3S. The number of rotatable bonds is 7. The third-order valence-electron chi connectivity index (χ3n) is 3.90. The van der Waals surface area contributed by atoms with E-state index >= 15 is 0 Å². The van der Waals surface area contributed by atoms with Crippen molar-refractivity contribution in [1.82, 2.24) is 4.31 Å². The fraction of sp³-hybridized carbons (Fsp3) is 0.294. The van der Waals surface area contributed by atoms with Crippen LogP contribution >= 0.6 is 27.5 Å². The molecule has 0 saturated heterocycles. The van der Waals surface area contributed by atoms with E-state index in [1.54, 1.807) is 37.3 Å². The van der Waals surface area contributed by atoms with E-state index in [-0.39, 0.29) is 14.5 Å². The molecule has 26 heavy (non-hydrogen) atoms. The second-order valence-electron chi connectivity index (χ2n) is 5.77. The molecule has 4 nitrogen and oxygen atoms in total. The molecule has 0 amide bonds. The monoisotopic (exact) mass is 467 g/mol. The Hall–Kier alpha value is -1.06. The fourth-order valence-electron chi connectivity index (χ4n) is 2.39. The Kier molecular flexibility index (Phi) is 6.79. The standard InChI is InChI=1S/C17H17BrClF2NO3S/c1-12-9-14(7-8-15(12)19)26(24,25)22(16(20)21)11-17(23,10-18)13-5-3-2-4-6-13/h2-9,16,23H,10-11H2,1H3. The summed E-state index contributed by atoms with van der Waals surface area (Å²) in [5.41, 5.74) is -1.06. The number of aryl methyl sites for hydroxylation is 1. The third-order valence-corrected chi connectivity index (χ3v) is 7.01. The summed E-state index contributed by atoms with van der Waals surface area (Å²) < 4.78 is 52.7. The van der Waals surface area contributed by atoms with Crippen LogP contribution in [0.1, 0.15) is 11.1 Å². The van der Waals surface area contributed by atoms with Crippen molar-refractivity contribution in [3.05, 3.63) is 64.7 Å². The SMILES string of the molecule is Cc1cc(S(=O)(=O)N(CC(O)(CBr)c2ccccc2)C(F)F)ccc1Cl. The van der Waals surface area contributed by atoms with Crippen LogP contribution < -0.4 is 0 Å². The molecule has 1 N–H and O–H groups in total. The molecule has 1 unspecified atom stereocenters. The van der Waals surface area contributed by atoms with Crippen LogP contribution in [0.3, 0.4) is 0 Å². The zero-order valence-corrected chi connectivity index (χ0v) is 16.9. The van der Waals surface area contributed by atoms with Gasteiger partial charge < -0.3 is 5.11 Å². The highest BCUT2D eigenvalue weighted by molar-refractivity contribution is 9.09. The lowest BCUT2D eigenvalue weighted by molar-refractivity contribution is -0.0293. The molecule has 2 aromatic rings. The van der Waals surface area contributed by atoms with Gasteiger partial charge in [0, 0.05) is 10.4 Å². The molecule has 0 bridgehead atoms. The molecule has 0 aliphatic carbocycles. The van der Waals surface area contributed by atoms with Crippen LogP contribution in [0.25, 0.3) is 0 Å². The van der Waals surface area contributed by atoms with Gasteiger partial charge >= 0.3 is 6.55 Å². The van der Waals surface area contributed by atoms with E-state index in [4.69, 9.17) is 11.6 Å². The summed E-state index contributed by atoms with van der Waals surface area (Å²) in [5, 5.41) is 11.0. The molecule has 9 heteroatoms. The molecule has 0 radical (unpaired) electrons. The third kappa shape index (κ3) is 4.43. The van der Waals surface area contributed by atoms with E-state index in [0.29, 0.717) is 16.1 Å². The van der Waals surface area contributed by atoms with Gasteiger partial charge in [0.15, 0.2) is 0 Å². The summed E-state index contributed by atoms with van der Waals surface area (Å²) >= 11 is 8.98. The van der Waals surface area contributed by atoms with Crippen molar-refractivity contribution in [1.29, 1.82) is 0 Å². The first-order valence-corrected chi connectivity index (χ1v) is 10.5. The molecule has 0 aliphatic heterocycles. The minimum Gasteiger partial charge on any atom is -0.383 e. The van der Waals surface area contributed by atoms with Crippen LogP contribution in [0.15, 0.2) is 53.4 Å². The Morgan fingerprint density at radius 1 is 1.23 bits per heavy atom. The topological polar surface area (TPSA) is 57.6 Å². The molecule has 0 aliphatic rings. The molecule has 0 spiro atoms. The van der Waals surface area contributed by atoms with Crippen LogP contribution in [0.2, 0.25) is 5.02 Å². The first-order valence-electron chi connectivity index (χ1n) is 7.52. The maximum absolute atomic E-state index is 13.6. The predicted octanol–water partition coefficient (Wildman–Crippen LogP) is 4.14. The number of aliphatic hydroxyl groups is 1. The zero-order valence-electron chi connectivity index (χ0n) is 13.7. The van der Waals surface area contributed by atoms with Crippen molar-refractivity contribution in [2.45, 2.75) is 24.0 Å². The first-order chi connectivity index (χ1) is 12.1. The van der Waals surface area contributed by atoms with E-state index in [0.717, 1.165) is 6.07 Å². The van der Waals surface area contributed by atoms with Gasteiger partial charge in [-0.15, -0.1) is 4.31 Å². The summed E-state index contributed by atoms with van der Waals surface area (Å²) in [6.45, 7) is -2.57. The number of nitrogens with zero attached hydrogens (tertiary/aromatic N) is 1. The van der Waals surface area contributed by atoms with Crippen molar-refractivity contribution in [3.8, 4) is 0 Å². The second kappa shape index (κ2) is 8.31. The smallest absolute Gasteiger partial charge is 0.307 e. The Balaban J connectivity index is 2.46. The Bertz CT molecular complexity index is 868. The largest absolute Gasteiger partial charge is 0.383 e. The number of sulfonamides is 1. The van der Waals surface area contributed by atoms with E-state index in [9.17, 15) is 22.3 Å². The predicted molar refractivity (Wildman–Crippen MR) is 100 cm³/mol. The molecule has 142 valence electrons. The summed E-state index contributed by atoms with van der Waals surface area (Å²) in [5.74, 6) is 0. The summed E-state index contributed by atoms with van der Waals surface area (Å²) in [7, 11) is -4.55. The van der Waals surface area contributed by atoms with Crippen molar-refractivity contribution in [3.63, 3.8) is 0 Å². The molecule has 2 rings (SSSR count). The average Bonchev–Trinajstić information content (AvgIpc) is 2.62. The number of hydrogen-bond donors (Lipinski definition) is 1. The lowest BCUT2D eigenvalue weighted by Crippen LogP contribution is -2.47. The maximum atomic E-state index is 13.6. The molecule has 1 atom stereocenters. The normalized spacial score (nSPS) is 14.6. The molecule has 0 aromatic heterocycles. The molecule has 2 aromatic carbocycles. The van der Waals surface area contributed by atoms with Crippen LogP contribution in [-0.2, 0) is 15.6 Å². The molecule has 0 heterocycles. The molecule has 0 fully saturated rings. The van der Waals surface area contributed by atoms with E-state index in [1.165, 1.54) is 12.1 Å². The number of alkyl halides is 3. The maximum Gasteiger partial charge on any atom is 0.307 e. The van der Waals surface area contributed by atoms with Gasteiger partial charge in [0.1, 0.15) is 5.60 Å². The van der Waals surface area contributed by atoms with Gasteiger partial charge in [-0.05, 0) is 36.2 Å². The van der Waals surface area contributed by atoms with Gasteiger partial charge in [-0.2, -0.15) is 8.78 Å². The van der Waals surface area contributed by atoms with Crippen molar-refractivity contribution >= 4 is 37.6 Å². The highest BCUT2D eigenvalue weighted by Gasteiger charge is 2.40. The summed E-state index contributed by atoms with van der Waals surface area (Å²) in [6, 6.07) is 11.8. The van der Waals surface area contributed by atoms with Gasteiger partial charge in [-0.1, -0.05) is 57.9 Å². The quantitative estimate of drug-likeness (QED) is 0.491. The first kappa shape index (κ1) is 21.2. The molecule has 0 saturated carbocycles. The van der Waals surface area contributed by atoms with Crippen LogP contribution in [0.4, 0.5) is 8.78 Å². The highest BCUT2D eigenvalue weighted by atomic mass is 79.9. The molecular weight excluding hydrogens is 452 g/mol. The minimum atomic E-state index is -4.55. The van der Waals surface area contributed by atoms with Crippen molar-refractivity contribution < 1.29 is 22.3 Å². The fourth-order valence-corrected chi connectivity index (χ4v) is 4.44. The van der Waals surface area contributed by atoms with Gasteiger partial charge in [-0.25, -0.2) is 8.42 Å².